The molecule has 1 amide bonds. The third-order valence-corrected chi connectivity index (χ3v) is 4.95. The van der Waals surface area contributed by atoms with E-state index in [-0.39, 0.29) is 18.6 Å². The summed E-state index contributed by atoms with van der Waals surface area (Å²) in [5.74, 6) is 0.0178. The van der Waals surface area contributed by atoms with E-state index in [1.807, 2.05) is 15.6 Å². The van der Waals surface area contributed by atoms with Crippen molar-refractivity contribution in [1.29, 1.82) is 0 Å². The number of amides is 1. The fourth-order valence-electron chi connectivity index (χ4n) is 3.48. The van der Waals surface area contributed by atoms with Crippen LogP contribution in [0.2, 0.25) is 0 Å². The van der Waals surface area contributed by atoms with Crippen LogP contribution in [0.1, 0.15) is 29.0 Å². The molecule has 128 valence electrons. The maximum atomic E-state index is 12.8. The number of aliphatic hydroxyl groups is 1. The van der Waals surface area contributed by atoms with Crippen molar-refractivity contribution in [2.75, 3.05) is 46.9 Å². The molecule has 1 saturated heterocycles. The van der Waals surface area contributed by atoms with E-state index < -0.39 is 0 Å². The molecule has 3 heterocycles. The summed E-state index contributed by atoms with van der Waals surface area (Å²) in [5, 5.41) is 13.7. The molecule has 1 N–H and O–H groups in total. The molecular weight excluding hydrogens is 294 g/mol. The number of rotatable bonds is 3. The lowest BCUT2D eigenvalue weighted by Crippen LogP contribution is -2.53. The number of aryl methyl sites for hydroxylation is 1. The highest BCUT2D eigenvalue weighted by molar-refractivity contribution is 5.92. The van der Waals surface area contributed by atoms with Gasteiger partial charge in [-0.2, -0.15) is 5.10 Å². The van der Waals surface area contributed by atoms with Gasteiger partial charge in [-0.15, -0.1) is 0 Å². The van der Waals surface area contributed by atoms with E-state index in [1.54, 1.807) is 0 Å². The highest BCUT2D eigenvalue weighted by Gasteiger charge is 2.29. The Morgan fingerprint density at radius 2 is 2.13 bits per heavy atom. The number of carbonyl (C=O) groups excluding carboxylic acids is 1. The van der Waals surface area contributed by atoms with Gasteiger partial charge in [0, 0.05) is 51.9 Å². The van der Waals surface area contributed by atoms with E-state index in [1.165, 1.54) is 0 Å². The zero-order valence-electron chi connectivity index (χ0n) is 14.1. The molecular formula is C16H27N5O2. The second-order valence-corrected chi connectivity index (χ2v) is 6.73. The Labute approximate surface area is 137 Å². The van der Waals surface area contributed by atoms with Crippen molar-refractivity contribution >= 4 is 5.91 Å². The number of fused-ring (bicyclic) bond motifs is 1. The van der Waals surface area contributed by atoms with Crippen LogP contribution in [-0.4, -0.2) is 88.4 Å². The molecule has 0 spiro atoms. The van der Waals surface area contributed by atoms with Crippen LogP contribution in [0.4, 0.5) is 0 Å². The minimum Gasteiger partial charge on any atom is -0.396 e. The van der Waals surface area contributed by atoms with Gasteiger partial charge in [0.2, 0.25) is 0 Å². The molecule has 1 aromatic rings. The van der Waals surface area contributed by atoms with Gasteiger partial charge in [-0.25, -0.2) is 0 Å². The van der Waals surface area contributed by atoms with Gasteiger partial charge in [-0.05, 0) is 33.0 Å². The fraction of sp³-hybridized carbons (Fsp3) is 0.750. The Morgan fingerprint density at radius 1 is 1.30 bits per heavy atom. The molecule has 23 heavy (non-hydrogen) atoms. The van der Waals surface area contributed by atoms with Crippen LogP contribution >= 0.6 is 0 Å². The topological polar surface area (TPSA) is 64.8 Å². The minimum atomic E-state index is 0.0178. The van der Waals surface area contributed by atoms with Gasteiger partial charge in [-0.1, -0.05) is 0 Å². The van der Waals surface area contributed by atoms with Crippen LogP contribution in [0.25, 0.3) is 0 Å². The number of hydrogen-bond donors (Lipinski definition) is 1. The van der Waals surface area contributed by atoms with Crippen LogP contribution in [0, 0.1) is 0 Å². The second kappa shape index (κ2) is 6.98. The maximum Gasteiger partial charge on any atom is 0.274 e. The Kier molecular flexibility index (Phi) is 4.99. The van der Waals surface area contributed by atoms with Gasteiger partial charge in [0.1, 0.15) is 0 Å². The molecule has 2 aliphatic heterocycles. The third kappa shape index (κ3) is 3.57. The highest BCUT2D eigenvalue weighted by Crippen LogP contribution is 2.17. The lowest BCUT2D eigenvalue weighted by atomic mass is 10.1. The van der Waals surface area contributed by atoms with E-state index >= 15 is 0 Å². The first-order valence-corrected chi connectivity index (χ1v) is 8.44. The zero-order chi connectivity index (χ0) is 16.4. The first-order valence-electron chi connectivity index (χ1n) is 8.44. The number of aliphatic hydroxyl groups excluding tert-OH is 1. The molecule has 1 atom stereocenters. The predicted octanol–water partition coefficient (Wildman–Crippen LogP) is -0.143. The summed E-state index contributed by atoms with van der Waals surface area (Å²) in [6, 6.07) is 2.17. The molecule has 7 heteroatoms. The number of piperazine rings is 1. The summed E-state index contributed by atoms with van der Waals surface area (Å²) in [6.07, 6.45) is 1.76. The number of nitrogens with zero attached hydrogens (tertiary/aromatic N) is 5. The van der Waals surface area contributed by atoms with Crippen molar-refractivity contribution in [1.82, 2.24) is 24.5 Å². The van der Waals surface area contributed by atoms with Gasteiger partial charge >= 0.3 is 0 Å². The summed E-state index contributed by atoms with van der Waals surface area (Å²) in [4.78, 5) is 19.2. The van der Waals surface area contributed by atoms with Crippen molar-refractivity contribution in [3.05, 3.63) is 17.5 Å². The largest absolute Gasteiger partial charge is 0.396 e. The molecule has 0 radical (unpaired) electrons. The Bertz CT molecular complexity index is 559. The number of hydrogen-bond acceptors (Lipinski definition) is 5. The Balaban J connectivity index is 1.72. The van der Waals surface area contributed by atoms with Gasteiger partial charge in [0.15, 0.2) is 5.69 Å². The average molecular weight is 321 g/mol. The molecule has 2 aliphatic rings. The van der Waals surface area contributed by atoms with E-state index in [0.717, 1.165) is 44.8 Å². The second-order valence-electron chi connectivity index (χ2n) is 6.73. The molecule has 1 unspecified atom stereocenters. The molecule has 1 aromatic heterocycles. The Hall–Kier alpha value is -1.44. The standard InChI is InChI=1S/C16H27N5O2/c1-18-5-3-6-21-14(11-18)10-15(17-21)16(23)20-8-7-19(2)13(12-20)4-9-22/h10,13,22H,3-9,11-12H2,1-2H3. The summed E-state index contributed by atoms with van der Waals surface area (Å²) in [5.41, 5.74) is 1.68. The first kappa shape index (κ1) is 16.4. The SMILES string of the molecule is CN1CCCn2nc(C(=O)N3CCN(C)C(CCO)C3)cc2C1. The molecule has 0 bridgehead atoms. The number of aromatic nitrogens is 2. The van der Waals surface area contributed by atoms with Crippen LogP contribution in [0.5, 0.6) is 0 Å². The zero-order valence-corrected chi connectivity index (χ0v) is 14.1. The monoisotopic (exact) mass is 321 g/mol. The Morgan fingerprint density at radius 3 is 2.91 bits per heavy atom. The summed E-state index contributed by atoms with van der Waals surface area (Å²) in [6.45, 7) is 5.17. The normalized spacial score (nSPS) is 23.6. The van der Waals surface area contributed by atoms with Crippen molar-refractivity contribution in [3.63, 3.8) is 0 Å². The lowest BCUT2D eigenvalue weighted by Gasteiger charge is -2.39. The van der Waals surface area contributed by atoms with E-state index in [9.17, 15) is 9.90 Å². The van der Waals surface area contributed by atoms with E-state index in [0.29, 0.717) is 18.7 Å². The third-order valence-electron chi connectivity index (χ3n) is 4.95. The molecule has 1 fully saturated rings. The molecule has 0 aliphatic carbocycles. The van der Waals surface area contributed by atoms with Crippen molar-refractivity contribution in [2.24, 2.45) is 0 Å². The maximum absolute atomic E-state index is 12.8. The quantitative estimate of drug-likeness (QED) is 0.839. The molecule has 7 nitrogen and oxygen atoms in total. The average Bonchev–Trinajstić information content (AvgIpc) is 2.83. The van der Waals surface area contributed by atoms with E-state index in [2.05, 4.69) is 29.0 Å². The van der Waals surface area contributed by atoms with Crippen molar-refractivity contribution < 1.29 is 9.90 Å². The van der Waals surface area contributed by atoms with Crippen LogP contribution in [0.3, 0.4) is 0 Å². The number of carbonyl (C=O) groups is 1. The fourth-order valence-corrected chi connectivity index (χ4v) is 3.48. The summed E-state index contributed by atoms with van der Waals surface area (Å²) < 4.78 is 1.98. The van der Waals surface area contributed by atoms with Gasteiger partial charge < -0.3 is 14.9 Å². The van der Waals surface area contributed by atoms with Crippen LogP contribution in [-0.2, 0) is 13.1 Å². The van der Waals surface area contributed by atoms with Gasteiger partial charge in [0.25, 0.3) is 5.91 Å². The highest BCUT2D eigenvalue weighted by atomic mass is 16.3. The minimum absolute atomic E-state index is 0.0178. The number of likely N-dealkylation sites (N-methyl/N-ethyl adjacent to an activating group) is 1. The van der Waals surface area contributed by atoms with Crippen molar-refractivity contribution in [3.8, 4) is 0 Å². The molecule has 0 aromatic carbocycles. The predicted molar refractivity (Wildman–Crippen MR) is 87.2 cm³/mol. The smallest absolute Gasteiger partial charge is 0.274 e. The van der Waals surface area contributed by atoms with Gasteiger partial charge in [0.05, 0.1) is 5.69 Å². The van der Waals surface area contributed by atoms with Gasteiger partial charge in [-0.3, -0.25) is 14.4 Å². The van der Waals surface area contributed by atoms with Crippen LogP contribution in [0.15, 0.2) is 6.07 Å². The molecule has 3 rings (SSSR count). The molecule has 0 saturated carbocycles. The van der Waals surface area contributed by atoms with Crippen molar-refractivity contribution in [2.45, 2.75) is 32.0 Å². The summed E-state index contributed by atoms with van der Waals surface area (Å²) >= 11 is 0. The summed E-state index contributed by atoms with van der Waals surface area (Å²) in [7, 11) is 4.15. The lowest BCUT2D eigenvalue weighted by molar-refractivity contribution is 0.0494. The van der Waals surface area contributed by atoms with E-state index in [4.69, 9.17) is 0 Å². The van der Waals surface area contributed by atoms with Crippen LogP contribution < -0.4 is 0 Å². The first-order chi connectivity index (χ1) is 11.1.